The van der Waals surface area contributed by atoms with E-state index in [1.165, 1.54) is 70.6 Å². The monoisotopic (exact) mass is 510 g/mol. The summed E-state index contributed by atoms with van der Waals surface area (Å²) >= 11 is 0. The van der Waals surface area contributed by atoms with Crippen LogP contribution in [0.25, 0.3) is 0 Å². The van der Waals surface area contributed by atoms with Crippen molar-refractivity contribution in [1.82, 2.24) is 0 Å². The molecule has 1 rings (SSSR count). The average Bonchev–Trinajstić information content (AvgIpc) is 3.13. The lowest BCUT2D eigenvalue weighted by atomic mass is 10.0. The molecule has 1 heterocycles. The van der Waals surface area contributed by atoms with E-state index in [9.17, 15) is 19.6 Å². The largest absolute Gasteiger partial charge is 0.470 e. The Kier molecular flexibility index (Phi) is 17.3. The highest BCUT2D eigenvalue weighted by molar-refractivity contribution is 7.46. The van der Waals surface area contributed by atoms with Crippen LogP contribution in [0.15, 0.2) is 0 Å². The molecule has 202 valence electrons. The molecule has 1 fully saturated rings. The van der Waals surface area contributed by atoms with Crippen LogP contribution in [0.1, 0.15) is 110 Å². The quantitative estimate of drug-likeness (QED) is 0.100. The molecule has 0 saturated carbocycles. The topological polar surface area (TPSA) is 143 Å². The number of phosphoric acid groups is 1. The highest BCUT2D eigenvalue weighted by atomic mass is 31.2. The Morgan fingerprint density at radius 3 is 1.82 bits per heavy atom. The van der Waals surface area contributed by atoms with Gasteiger partial charge in [0.2, 0.25) is 0 Å². The molecular formula is C24H47O9P. The number of carbonyl (C=O) groups is 1. The fourth-order valence-corrected chi connectivity index (χ4v) is 4.88. The lowest BCUT2D eigenvalue weighted by molar-refractivity contribution is -0.162. The molecule has 10 heteroatoms. The minimum absolute atomic E-state index is 0.189. The number of carbonyl (C=O) groups excluding carboxylic acids is 1. The number of unbranched alkanes of at least 4 members (excludes halogenated alkanes) is 14. The van der Waals surface area contributed by atoms with Gasteiger partial charge in [-0.3, -0.25) is 9.32 Å². The van der Waals surface area contributed by atoms with E-state index in [-0.39, 0.29) is 13.0 Å². The van der Waals surface area contributed by atoms with Gasteiger partial charge in [-0.1, -0.05) is 96.8 Å². The number of hydrogen-bond acceptors (Lipinski definition) is 7. The Balaban J connectivity index is 2.07. The summed E-state index contributed by atoms with van der Waals surface area (Å²) in [6.45, 7) is 1.40. The number of phosphoric ester groups is 1. The number of ether oxygens (including phenoxy) is 2. The third-order valence-corrected chi connectivity index (χ3v) is 6.75. The Morgan fingerprint density at radius 2 is 1.38 bits per heavy atom. The van der Waals surface area contributed by atoms with Crippen LogP contribution in [-0.4, -0.2) is 63.6 Å². The molecule has 0 aromatic heterocycles. The second-order valence-corrected chi connectivity index (χ2v) is 10.5. The van der Waals surface area contributed by atoms with Crippen molar-refractivity contribution in [1.29, 1.82) is 0 Å². The molecule has 0 unspecified atom stereocenters. The maximum Gasteiger partial charge on any atom is 0.470 e. The van der Waals surface area contributed by atoms with Gasteiger partial charge in [0.05, 0.1) is 13.2 Å². The molecule has 0 aromatic rings. The lowest BCUT2D eigenvalue weighted by Gasteiger charge is -2.27. The number of rotatable bonds is 21. The molecule has 9 nitrogen and oxygen atoms in total. The third kappa shape index (κ3) is 14.8. The first-order valence-electron chi connectivity index (χ1n) is 13.1. The van der Waals surface area contributed by atoms with Crippen LogP contribution in [-0.2, 0) is 23.4 Å². The van der Waals surface area contributed by atoms with E-state index in [1.807, 2.05) is 0 Å². The van der Waals surface area contributed by atoms with Crippen LogP contribution in [0, 0.1) is 0 Å². The van der Waals surface area contributed by atoms with Crippen LogP contribution in [0.4, 0.5) is 0 Å². The van der Waals surface area contributed by atoms with Crippen molar-refractivity contribution < 1.29 is 43.4 Å². The van der Waals surface area contributed by atoms with Crippen molar-refractivity contribution in [2.24, 2.45) is 0 Å². The van der Waals surface area contributed by atoms with Gasteiger partial charge >= 0.3 is 13.8 Å². The zero-order chi connectivity index (χ0) is 25.2. The fraction of sp³-hybridized carbons (Fsp3) is 0.958. The summed E-state index contributed by atoms with van der Waals surface area (Å²) in [6.07, 6.45) is 13.6. The van der Waals surface area contributed by atoms with Gasteiger partial charge in [-0.25, -0.2) is 4.57 Å². The smallest absolute Gasteiger partial charge is 0.457 e. The van der Waals surface area contributed by atoms with E-state index in [4.69, 9.17) is 19.3 Å². The van der Waals surface area contributed by atoms with E-state index in [0.717, 1.165) is 19.3 Å². The van der Waals surface area contributed by atoms with Gasteiger partial charge in [0.15, 0.2) is 6.10 Å². The van der Waals surface area contributed by atoms with E-state index in [1.54, 1.807) is 0 Å². The minimum atomic E-state index is -4.88. The number of hydrogen-bond donors (Lipinski definition) is 4. The highest BCUT2D eigenvalue weighted by Crippen LogP contribution is 2.41. The Bertz CT molecular complexity index is 569. The first-order valence-corrected chi connectivity index (χ1v) is 14.7. The Labute approximate surface area is 204 Å². The summed E-state index contributed by atoms with van der Waals surface area (Å²) in [7, 11) is -4.88. The van der Waals surface area contributed by atoms with Gasteiger partial charge in [-0.05, 0) is 6.42 Å². The number of aliphatic hydroxyl groups excluding tert-OH is 2. The van der Waals surface area contributed by atoms with Gasteiger partial charge in [0.25, 0.3) is 0 Å². The van der Waals surface area contributed by atoms with Crippen LogP contribution in [0.5, 0.6) is 0 Å². The van der Waals surface area contributed by atoms with Crippen LogP contribution >= 0.6 is 7.82 Å². The zero-order valence-corrected chi connectivity index (χ0v) is 21.7. The minimum Gasteiger partial charge on any atom is -0.457 e. The molecular weight excluding hydrogens is 463 g/mol. The molecule has 0 aromatic carbocycles. The Morgan fingerprint density at radius 1 is 0.912 bits per heavy atom. The predicted molar refractivity (Wildman–Crippen MR) is 129 cm³/mol. The average molecular weight is 511 g/mol. The summed E-state index contributed by atoms with van der Waals surface area (Å²) in [4.78, 5) is 30.1. The van der Waals surface area contributed by atoms with Crippen molar-refractivity contribution in [2.45, 2.75) is 134 Å². The molecule has 0 aliphatic carbocycles. The predicted octanol–water partition coefficient (Wildman–Crippen LogP) is 4.39. The van der Waals surface area contributed by atoms with Crippen LogP contribution < -0.4 is 0 Å². The van der Waals surface area contributed by atoms with Gasteiger partial charge < -0.3 is 29.5 Å². The number of esters is 1. The standard InChI is InChI=1S/C24H47O9P/c1-2-3-4-5-6-7-8-9-10-11-12-13-14-15-16-17-22(27)32-21(18-25)24-23(20(26)19-31-24)33-34(28,29)30/h20-21,23-26H,2-19H2,1H3,(H2,28,29,30)/t20-,21+,23+,24+/m0/s1. The normalized spacial score (nSPS) is 21.6. The molecule has 0 amide bonds. The lowest BCUT2D eigenvalue weighted by Crippen LogP contribution is -2.44. The van der Waals surface area contributed by atoms with Gasteiger partial charge in [-0.15, -0.1) is 0 Å². The van der Waals surface area contributed by atoms with E-state index in [0.29, 0.717) is 6.42 Å². The third-order valence-electron chi connectivity index (χ3n) is 6.24. The summed E-state index contributed by atoms with van der Waals surface area (Å²) in [5, 5.41) is 19.4. The van der Waals surface area contributed by atoms with Crippen LogP contribution in [0.3, 0.4) is 0 Å². The van der Waals surface area contributed by atoms with E-state index < -0.39 is 44.8 Å². The van der Waals surface area contributed by atoms with Crippen molar-refractivity contribution in [3.63, 3.8) is 0 Å². The van der Waals surface area contributed by atoms with Crippen molar-refractivity contribution in [2.75, 3.05) is 13.2 Å². The summed E-state index contributed by atoms with van der Waals surface area (Å²) < 4.78 is 26.2. The highest BCUT2D eigenvalue weighted by Gasteiger charge is 2.46. The van der Waals surface area contributed by atoms with E-state index in [2.05, 4.69) is 11.4 Å². The molecule has 0 radical (unpaired) electrons. The van der Waals surface area contributed by atoms with Crippen molar-refractivity contribution >= 4 is 13.8 Å². The first-order chi connectivity index (χ1) is 16.3. The van der Waals surface area contributed by atoms with Gasteiger partial charge in [0.1, 0.15) is 18.3 Å². The summed E-state index contributed by atoms with van der Waals surface area (Å²) in [5.41, 5.74) is 0. The fourth-order valence-electron chi connectivity index (χ4n) is 4.30. The molecule has 1 aliphatic rings. The molecule has 4 N–H and O–H groups in total. The number of aliphatic hydroxyl groups is 2. The van der Waals surface area contributed by atoms with Gasteiger partial charge in [-0.2, -0.15) is 0 Å². The van der Waals surface area contributed by atoms with Crippen molar-refractivity contribution in [3.05, 3.63) is 0 Å². The second kappa shape index (κ2) is 18.7. The Hall–Kier alpha value is -0.540. The SMILES string of the molecule is CCCCCCCCCCCCCCCCCC(=O)O[C@H](CO)[C@H]1OC[C@H](O)[C@H]1OP(=O)(O)O. The molecule has 1 saturated heterocycles. The van der Waals surface area contributed by atoms with Gasteiger partial charge in [0, 0.05) is 6.42 Å². The first kappa shape index (κ1) is 31.5. The second-order valence-electron chi connectivity index (χ2n) is 9.34. The zero-order valence-electron chi connectivity index (χ0n) is 20.8. The summed E-state index contributed by atoms with van der Waals surface area (Å²) in [6, 6.07) is 0. The maximum atomic E-state index is 12.1. The maximum absolute atomic E-state index is 12.1. The molecule has 0 spiro atoms. The summed E-state index contributed by atoms with van der Waals surface area (Å²) in [5.74, 6) is -0.520. The molecule has 34 heavy (non-hydrogen) atoms. The van der Waals surface area contributed by atoms with E-state index >= 15 is 0 Å². The van der Waals surface area contributed by atoms with Crippen molar-refractivity contribution in [3.8, 4) is 0 Å². The molecule has 0 bridgehead atoms. The molecule has 4 atom stereocenters. The van der Waals surface area contributed by atoms with Crippen LogP contribution in [0.2, 0.25) is 0 Å². The molecule has 1 aliphatic heterocycles.